The second-order valence-electron chi connectivity index (χ2n) is 6.27. The molecule has 0 fully saturated rings. The number of rotatable bonds is 8. The monoisotopic (exact) mass is 386 g/mol. The van der Waals surface area contributed by atoms with Crippen molar-refractivity contribution in [2.75, 3.05) is 6.54 Å². The molecule has 0 spiro atoms. The molecule has 0 aliphatic rings. The molecular formula is C20H22N2O2S2. The number of aryl methyl sites for hydroxylation is 1. The second-order valence-corrected chi connectivity index (χ2v) is 9.27. The summed E-state index contributed by atoms with van der Waals surface area (Å²) in [5, 5.41) is 2.02. The first-order valence-corrected chi connectivity index (χ1v) is 11.0. The first-order valence-electron chi connectivity index (χ1n) is 8.47. The number of thiophene rings is 1. The maximum absolute atomic E-state index is 13.1. The van der Waals surface area contributed by atoms with Crippen LogP contribution in [0.5, 0.6) is 0 Å². The SMILES string of the molecule is Cc1cccc(CS(=O)(=O)N(CCc2cccs2)Cc2cccnc2)c1. The minimum absolute atomic E-state index is 0.0133. The third-order valence-electron chi connectivity index (χ3n) is 4.09. The van der Waals surface area contributed by atoms with Gasteiger partial charge in [0.05, 0.1) is 5.75 Å². The minimum Gasteiger partial charge on any atom is -0.264 e. The molecule has 3 aromatic rings. The lowest BCUT2D eigenvalue weighted by Gasteiger charge is -2.22. The highest BCUT2D eigenvalue weighted by molar-refractivity contribution is 7.88. The number of nitrogens with zero attached hydrogens (tertiary/aromatic N) is 2. The van der Waals surface area contributed by atoms with Crippen molar-refractivity contribution in [3.8, 4) is 0 Å². The van der Waals surface area contributed by atoms with Crippen molar-refractivity contribution < 1.29 is 8.42 Å². The van der Waals surface area contributed by atoms with Gasteiger partial charge in [0.2, 0.25) is 10.0 Å². The third kappa shape index (κ3) is 5.24. The zero-order chi connectivity index (χ0) is 18.4. The summed E-state index contributed by atoms with van der Waals surface area (Å²) in [6, 6.07) is 15.4. The Morgan fingerprint density at radius 3 is 2.62 bits per heavy atom. The predicted molar refractivity (Wildman–Crippen MR) is 106 cm³/mol. The van der Waals surface area contributed by atoms with Gasteiger partial charge in [0.15, 0.2) is 0 Å². The van der Waals surface area contributed by atoms with Crippen LogP contribution in [-0.2, 0) is 28.7 Å². The molecule has 6 heteroatoms. The van der Waals surface area contributed by atoms with Crippen molar-refractivity contribution in [3.05, 3.63) is 87.9 Å². The summed E-state index contributed by atoms with van der Waals surface area (Å²) in [7, 11) is -3.43. The van der Waals surface area contributed by atoms with E-state index in [9.17, 15) is 8.42 Å². The predicted octanol–water partition coefficient (Wildman–Crippen LogP) is 4.03. The third-order valence-corrected chi connectivity index (χ3v) is 6.83. The van der Waals surface area contributed by atoms with E-state index in [4.69, 9.17) is 0 Å². The largest absolute Gasteiger partial charge is 0.264 e. The van der Waals surface area contributed by atoms with Gasteiger partial charge in [-0.05, 0) is 42.0 Å². The Morgan fingerprint density at radius 2 is 1.92 bits per heavy atom. The average Bonchev–Trinajstić information content (AvgIpc) is 3.12. The van der Waals surface area contributed by atoms with E-state index in [0.717, 1.165) is 16.7 Å². The normalized spacial score (nSPS) is 11.8. The van der Waals surface area contributed by atoms with Crippen LogP contribution >= 0.6 is 11.3 Å². The molecule has 0 saturated heterocycles. The molecule has 1 aromatic carbocycles. The maximum Gasteiger partial charge on any atom is 0.218 e. The molecule has 0 N–H and O–H groups in total. The van der Waals surface area contributed by atoms with E-state index in [1.54, 1.807) is 28.0 Å². The first-order chi connectivity index (χ1) is 12.5. The van der Waals surface area contributed by atoms with Gasteiger partial charge in [-0.25, -0.2) is 8.42 Å². The van der Waals surface area contributed by atoms with E-state index >= 15 is 0 Å². The molecule has 4 nitrogen and oxygen atoms in total. The summed E-state index contributed by atoms with van der Waals surface area (Å²) < 4.78 is 27.7. The van der Waals surface area contributed by atoms with E-state index in [-0.39, 0.29) is 5.75 Å². The summed E-state index contributed by atoms with van der Waals surface area (Å²) in [6.07, 6.45) is 4.13. The van der Waals surface area contributed by atoms with Crippen LogP contribution in [0.25, 0.3) is 0 Å². The molecule has 0 saturated carbocycles. The van der Waals surface area contributed by atoms with E-state index in [0.29, 0.717) is 19.5 Å². The molecule has 0 aliphatic heterocycles. The lowest BCUT2D eigenvalue weighted by atomic mass is 10.2. The molecule has 0 unspecified atom stereocenters. The Kier molecular flexibility index (Phi) is 6.19. The van der Waals surface area contributed by atoms with Crippen LogP contribution in [0.3, 0.4) is 0 Å². The Hall–Kier alpha value is -2.02. The van der Waals surface area contributed by atoms with Gasteiger partial charge < -0.3 is 0 Å². The molecule has 3 rings (SSSR count). The molecule has 0 atom stereocenters. The Morgan fingerprint density at radius 1 is 1.08 bits per heavy atom. The first kappa shape index (κ1) is 18.8. The fourth-order valence-corrected chi connectivity index (χ4v) is 5.00. The van der Waals surface area contributed by atoms with Crippen molar-refractivity contribution in [1.29, 1.82) is 0 Å². The van der Waals surface area contributed by atoms with Gasteiger partial charge in [-0.3, -0.25) is 4.98 Å². The van der Waals surface area contributed by atoms with E-state index in [1.807, 2.05) is 60.8 Å². The second kappa shape index (κ2) is 8.58. The van der Waals surface area contributed by atoms with Crippen molar-refractivity contribution in [2.45, 2.75) is 25.6 Å². The standard InChI is InChI=1S/C20H22N2O2S2/c1-17-5-2-6-18(13-17)16-26(23,24)22(11-9-20-8-4-12-25-20)15-19-7-3-10-21-14-19/h2-8,10,12-14H,9,11,15-16H2,1H3. The molecular weight excluding hydrogens is 364 g/mol. The van der Waals surface area contributed by atoms with Crippen LogP contribution in [0.15, 0.2) is 66.3 Å². The van der Waals surface area contributed by atoms with Gasteiger partial charge in [-0.1, -0.05) is 42.0 Å². The van der Waals surface area contributed by atoms with Crippen molar-refractivity contribution in [3.63, 3.8) is 0 Å². The van der Waals surface area contributed by atoms with Crippen LogP contribution in [0.2, 0.25) is 0 Å². The minimum atomic E-state index is -3.43. The zero-order valence-electron chi connectivity index (χ0n) is 14.7. The quantitative estimate of drug-likeness (QED) is 0.587. The molecule has 0 aliphatic carbocycles. The van der Waals surface area contributed by atoms with Crippen LogP contribution in [0, 0.1) is 6.92 Å². The van der Waals surface area contributed by atoms with Gasteiger partial charge in [-0.15, -0.1) is 11.3 Å². The molecule has 136 valence electrons. The molecule has 0 radical (unpaired) electrons. The van der Waals surface area contributed by atoms with Crippen LogP contribution in [0.1, 0.15) is 21.6 Å². The van der Waals surface area contributed by atoms with Crippen LogP contribution in [-0.4, -0.2) is 24.3 Å². The zero-order valence-corrected chi connectivity index (χ0v) is 16.3. The number of hydrogen-bond acceptors (Lipinski definition) is 4. The van der Waals surface area contributed by atoms with Gasteiger partial charge in [0.1, 0.15) is 0 Å². The van der Waals surface area contributed by atoms with E-state index < -0.39 is 10.0 Å². The Bertz CT molecular complexity index is 923. The summed E-state index contributed by atoms with van der Waals surface area (Å²) in [6.45, 7) is 2.78. The van der Waals surface area contributed by atoms with E-state index in [1.165, 1.54) is 4.88 Å². The average molecular weight is 387 g/mol. The smallest absolute Gasteiger partial charge is 0.218 e. The number of aromatic nitrogens is 1. The van der Waals surface area contributed by atoms with Crippen molar-refractivity contribution in [2.24, 2.45) is 0 Å². The fraction of sp³-hybridized carbons (Fsp3) is 0.250. The molecule has 2 heterocycles. The van der Waals surface area contributed by atoms with Gasteiger partial charge >= 0.3 is 0 Å². The Balaban J connectivity index is 1.80. The van der Waals surface area contributed by atoms with E-state index in [2.05, 4.69) is 4.98 Å². The van der Waals surface area contributed by atoms with Gasteiger partial charge in [-0.2, -0.15) is 4.31 Å². The molecule has 0 amide bonds. The van der Waals surface area contributed by atoms with Crippen LogP contribution < -0.4 is 0 Å². The highest BCUT2D eigenvalue weighted by Gasteiger charge is 2.23. The highest BCUT2D eigenvalue weighted by atomic mass is 32.2. The van der Waals surface area contributed by atoms with Crippen molar-refractivity contribution >= 4 is 21.4 Å². The number of sulfonamides is 1. The molecule has 0 bridgehead atoms. The molecule has 2 aromatic heterocycles. The topological polar surface area (TPSA) is 50.3 Å². The highest BCUT2D eigenvalue weighted by Crippen LogP contribution is 2.17. The van der Waals surface area contributed by atoms with Gasteiger partial charge in [0, 0.05) is 30.4 Å². The fourth-order valence-electron chi connectivity index (χ4n) is 2.81. The number of pyridine rings is 1. The molecule has 26 heavy (non-hydrogen) atoms. The van der Waals surface area contributed by atoms with Crippen LogP contribution in [0.4, 0.5) is 0 Å². The number of benzene rings is 1. The van der Waals surface area contributed by atoms with Crippen molar-refractivity contribution in [1.82, 2.24) is 9.29 Å². The maximum atomic E-state index is 13.1. The summed E-state index contributed by atoms with van der Waals surface area (Å²) >= 11 is 1.65. The summed E-state index contributed by atoms with van der Waals surface area (Å²) in [5.41, 5.74) is 2.78. The van der Waals surface area contributed by atoms with Gasteiger partial charge in [0.25, 0.3) is 0 Å². The lowest BCUT2D eigenvalue weighted by Crippen LogP contribution is -2.33. The summed E-state index contributed by atoms with van der Waals surface area (Å²) in [5.74, 6) is 0.0133. The summed E-state index contributed by atoms with van der Waals surface area (Å²) in [4.78, 5) is 5.29. The number of hydrogen-bond donors (Lipinski definition) is 0. The lowest BCUT2D eigenvalue weighted by molar-refractivity contribution is 0.409. The Labute approximate surface area is 159 Å².